The highest BCUT2D eigenvalue weighted by Crippen LogP contribution is 2.50. The number of nitrogen functional groups attached to an aromatic ring is 2. The van der Waals surface area contributed by atoms with Crippen LogP contribution in [0.15, 0.2) is 36.8 Å². The Morgan fingerprint density at radius 3 is 2.49 bits per heavy atom. The van der Waals surface area contributed by atoms with Crippen molar-refractivity contribution in [3.63, 3.8) is 0 Å². The maximum absolute atomic E-state index is 14.5. The number of hydrogen-bond donors (Lipinski definition) is 2. The second-order valence-electron chi connectivity index (χ2n) is 8.71. The topological polar surface area (TPSA) is 116 Å². The lowest BCUT2D eigenvalue weighted by atomic mass is 9.98. The lowest BCUT2D eigenvalue weighted by molar-refractivity contribution is -0.150. The van der Waals surface area contributed by atoms with Crippen molar-refractivity contribution in [1.82, 2.24) is 19.9 Å². The van der Waals surface area contributed by atoms with Gasteiger partial charge in [0.25, 0.3) is 0 Å². The van der Waals surface area contributed by atoms with Gasteiger partial charge in [-0.2, -0.15) is 26.3 Å². The molecular formula is C24H18ClF6N7O. The lowest BCUT2D eigenvalue weighted by Crippen LogP contribution is -2.41. The van der Waals surface area contributed by atoms with Crippen molar-refractivity contribution in [1.29, 1.82) is 0 Å². The number of ether oxygens (including phenoxy) is 1. The summed E-state index contributed by atoms with van der Waals surface area (Å²) in [7, 11) is 0. The van der Waals surface area contributed by atoms with Gasteiger partial charge in [-0.3, -0.25) is 0 Å². The van der Waals surface area contributed by atoms with Crippen LogP contribution in [-0.2, 0) is 6.18 Å². The van der Waals surface area contributed by atoms with E-state index in [9.17, 15) is 26.3 Å². The van der Waals surface area contributed by atoms with E-state index >= 15 is 0 Å². The van der Waals surface area contributed by atoms with Crippen LogP contribution in [0, 0.1) is 6.92 Å². The molecule has 4 N–H and O–H groups in total. The number of aryl methyl sites for hydroxylation is 1. The van der Waals surface area contributed by atoms with Gasteiger partial charge in [-0.05, 0) is 30.7 Å². The number of nitrogens with zero attached hydrogens (tertiary/aromatic N) is 5. The molecule has 15 heteroatoms. The van der Waals surface area contributed by atoms with Crippen LogP contribution in [-0.4, -0.2) is 39.3 Å². The van der Waals surface area contributed by atoms with Gasteiger partial charge in [0.05, 0.1) is 33.7 Å². The minimum Gasteiger partial charge on any atom is -0.489 e. The third-order valence-corrected chi connectivity index (χ3v) is 6.59. The van der Waals surface area contributed by atoms with Gasteiger partial charge in [-0.1, -0.05) is 17.7 Å². The standard InChI is InChI=1S/C24H18ClF6N7O/c1-10-7-14(32)37-18(16(10)23(26,27)28)12-8-13-15-19(17(12)25)39-6-5-38(22(15)36-9-35-13)20(24(29,30)31)11-3-2-4-34-21(11)33/h2-4,7-9,20H,5-6H2,1H3,(H2,32,37)(H2,33,34). The average Bonchev–Trinajstić information content (AvgIpc) is 3.01. The number of aromatic nitrogens is 4. The van der Waals surface area contributed by atoms with E-state index in [1.54, 1.807) is 0 Å². The Balaban J connectivity index is 1.78. The first-order valence-corrected chi connectivity index (χ1v) is 11.6. The van der Waals surface area contributed by atoms with Crippen molar-refractivity contribution in [2.24, 2.45) is 0 Å². The Morgan fingerprint density at radius 1 is 1.08 bits per heavy atom. The summed E-state index contributed by atoms with van der Waals surface area (Å²) < 4.78 is 91.3. The van der Waals surface area contributed by atoms with Crippen LogP contribution in [0.4, 0.5) is 43.8 Å². The fourth-order valence-electron chi connectivity index (χ4n) is 4.71. The van der Waals surface area contributed by atoms with Crippen molar-refractivity contribution in [3.05, 3.63) is 58.5 Å². The third kappa shape index (κ3) is 4.58. The maximum Gasteiger partial charge on any atom is 0.418 e. The molecular weight excluding hydrogens is 552 g/mol. The van der Waals surface area contributed by atoms with Crippen LogP contribution in [0.2, 0.25) is 5.02 Å². The molecule has 0 bridgehead atoms. The van der Waals surface area contributed by atoms with Crippen LogP contribution in [0.1, 0.15) is 22.7 Å². The fourth-order valence-corrected chi connectivity index (χ4v) is 5.00. The van der Waals surface area contributed by atoms with E-state index in [1.807, 2.05) is 0 Å². The number of benzene rings is 1. The summed E-state index contributed by atoms with van der Waals surface area (Å²) >= 11 is 6.59. The maximum atomic E-state index is 14.5. The summed E-state index contributed by atoms with van der Waals surface area (Å²) in [4.78, 5) is 16.8. The number of hydrogen-bond acceptors (Lipinski definition) is 8. The largest absolute Gasteiger partial charge is 0.489 e. The van der Waals surface area contributed by atoms with Crippen LogP contribution in [0.25, 0.3) is 22.2 Å². The third-order valence-electron chi connectivity index (χ3n) is 6.21. The Labute approximate surface area is 221 Å². The first-order valence-electron chi connectivity index (χ1n) is 11.3. The van der Waals surface area contributed by atoms with E-state index in [1.165, 1.54) is 31.3 Å². The first kappa shape index (κ1) is 26.5. The van der Waals surface area contributed by atoms with Crippen molar-refractivity contribution in [3.8, 4) is 17.0 Å². The van der Waals surface area contributed by atoms with Crippen molar-refractivity contribution >= 4 is 40.0 Å². The summed E-state index contributed by atoms with van der Waals surface area (Å²) in [5, 5.41) is -0.331. The molecule has 204 valence electrons. The Morgan fingerprint density at radius 2 is 1.82 bits per heavy atom. The molecule has 0 fully saturated rings. The molecule has 0 saturated heterocycles. The number of rotatable bonds is 3. The van der Waals surface area contributed by atoms with Gasteiger partial charge in [0, 0.05) is 17.3 Å². The normalized spacial score (nSPS) is 14.7. The Hall–Kier alpha value is -4.07. The van der Waals surface area contributed by atoms with Crippen LogP contribution >= 0.6 is 11.6 Å². The van der Waals surface area contributed by atoms with E-state index in [2.05, 4.69) is 19.9 Å². The predicted octanol–water partition coefficient (Wildman–Crippen LogP) is 5.73. The Kier molecular flexibility index (Phi) is 6.32. The van der Waals surface area contributed by atoms with Gasteiger partial charge in [-0.25, -0.2) is 19.9 Å². The molecule has 0 radical (unpaired) electrons. The Bertz CT molecular complexity index is 1590. The van der Waals surface area contributed by atoms with E-state index in [0.29, 0.717) is 0 Å². The quantitative estimate of drug-likeness (QED) is 0.300. The number of nitrogens with two attached hydrogens (primary N) is 2. The summed E-state index contributed by atoms with van der Waals surface area (Å²) in [6, 6.07) is 2.52. The van der Waals surface area contributed by atoms with Gasteiger partial charge in [0.15, 0.2) is 11.8 Å². The fraction of sp³-hybridized carbons (Fsp3) is 0.250. The van der Waals surface area contributed by atoms with Crippen LogP contribution in [0.3, 0.4) is 0 Å². The molecule has 1 aromatic carbocycles. The number of halogens is 7. The molecule has 0 saturated carbocycles. The zero-order chi connectivity index (χ0) is 28.3. The minimum atomic E-state index is -4.83. The highest BCUT2D eigenvalue weighted by Gasteiger charge is 2.48. The van der Waals surface area contributed by atoms with E-state index in [4.69, 9.17) is 27.8 Å². The average molecular weight is 570 g/mol. The smallest absolute Gasteiger partial charge is 0.418 e. The van der Waals surface area contributed by atoms with Gasteiger partial charge >= 0.3 is 12.4 Å². The molecule has 39 heavy (non-hydrogen) atoms. The summed E-state index contributed by atoms with van der Waals surface area (Å²) in [5.41, 5.74) is 9.20. The monoisotopic (exact) mass is 569 g/mol. The molecule has 1 aliphatic heterocycles. The predicted molar refractivity (Wildman–Crippen MR) is 132 cm³/mol. The number of alkyl halides is 6. The SMILES string of the molecule is Cc1cc(N)nc(-c2cc3ncnc4c3c(c2Cl)OCCN4C(c2cccnc2N)C(F)(F)F)c1C(F)(F)F. The number of anilines is 3. The molecule has 3 aromatic heterocycles. The molecule has 0 aliphatic carbocycles. The molecule has 1 unspecified atom stereocenters. The van der Waals surface area contributed by atoms with Gasteiger partial charge in [-0.15, -0.1) is 0 Å². The molecule has 4 heterocycles. The zero-order valence-corrected chi connectivity index (χ0v) is 20.7. The van der Waals surface area contributed by atoms with Crippen LogP contribution < -0.4 is 21.1 Å². The second kappa shape index (κ2) is 9.29. The van der Waals surface area contributed by atoms with Crippen molar-refractivity contribution in [2.75, 3.05) is 29.5 Å². The molecule has 0 amide bonds. The van der Waals surface area contributed by atoms with E-state index in [0.717, 1.165) is 17.3 Å². The molecule has 1 atom stereocenters. The molecule has 5 rings (SSSR count). The lowest BCUT2D eigenvalue weighted by Gasteiger charge is -2.33. The minimum absolute atomic E-state index is 0.0172. The second-order valence-corrected chi connectivity index (χ2v) is 9.09. The van der Waals surface area contributed by atoms with Crippen molar-refractivity contribution < 1.29 is 31.1 Å². The summed E-state index contributed by atoms with van der Waals surface area (Å²) in [6.45, 7) is 0.579. The molecule has 1 aliphatic rings. The highest BCUT2D eigenvalue weighted by atomic mass is 35.5. The van der Waals surface area contributed by atoms with E-state index < -0.39 is 29.7 Å². The molecule has 8 nitrogen and oxygen atoms in total. The zero-order valence-electron chi connectivity index (χ0n) is 19.9. The summed E-state index contributed by atoms with van der Waals surface area (Å²) in [6.07, 6.45) is -7.38. The molecule has 0 spiro atoms. The summed E-state index contributed by atoms with van der Waals surface area (Å²) in [5.74, 6) is -0.890. The number of pyridine rings is 2. The van der Waals surface area contributed by atoms with Gasteiger partial charge < -0.3 is 21.1 Å². The van der Waals surface area contributed by atoms with Gasteiger partial charge in [0.2, 0.25) is 0 Å². The van der Waals surface area contributed by atoms with E-state index in [-0.39, 0.29) is 69.0 Å². The van der Waals surface area contributed by atoms with Crippen molar-refractivity contribution in [2.45, 2.75) is 25.3 Å². The van der Waals surface area contributed by atoms with Gasteiger partial charge in [0.1, 0.15) is 30.4 Å². The first-order chi connectivity index (χ1) is 18.3. The van der Waals surface area contributed by atoms with Crippen LogP contribution in [0.5, 0.6) is 5.75 Å². The highest BCUT2D eigenvalue weighted by molar-refractivity contribution is 6.36. The molecule has 4 aromatic rings.